The van der Waals surface area contributed by atoms with E-state index in [1.165, 1.54) is 76.0 Å². The molecule has 11 rings (SSSR count). The molecule has 0 radical (unpaired) electrons. The summed E-state index contributed by atoms with van der Waals surface area (Å²) in [6, 6.07) is 70.7. The second-order valence-electron chi connectivity index (χ2n) is 13.7. The van der Waals surface area contributed by atoms with Crippen LogP contribution in [0.2, 0.25) is 0 Å². The van der Waals surface area contributed by atoms with Gasteiger partial charge in [0.25, 0.3) is 0 Å². The maximum atomic E-state index is 2.46. The Bertz CT molecular complexity index is 2710. The van der Waals surface area contributed by atoms with E-state index >= 15 is 0 Å². The molecule has 11 aromatic carbocycles. The summed E-state index contributed by atoms with van der Waals surface area (Å²) in [5.41, 5.74) is 6.94. The van der Waals surface area contributed by atoms with E-state index in [0.717, 1.165) is 22.7 Å². The number of anilines is 6. The van der Waals surface area contributed by atoms with Gasteiger partial charge in [0.1, 0.15) is 0 Å². The van der Waals surface area contributed by atoms with Crippen LogP contribution in [0.4, 0.5) is 34.1 Å². The van der Waals surface area contributed by atoms with Crippen molar-refractivity contribution in [2.75, 3.05) is 9.80 Å². The molecule has 52 heavy (non-hydrogen) atoms. The minimum Gasteiger partial charge on any atom is -0.310 e. The van der Waals surface area contributed by atoms with Crippen LogP contribution in [-0.4, -0.2) is 0 Å². The molecule has 11 aromatic rings. The molecule has 0 amide bonds. The first kappa shape index (κ1) is 28.9. The summed E-state index contributed by atoms with van der Waals surface area (Å²) < 4.78 is 0. The molecule has 0 spiro atoms. The lowest BCUT2D eigenvalue weighted by Gasteiger charge is -2.27. The third-order valence-corrected chi connectivity index (χ3v) is 10.9. The molecule has 0 aliphatic heterocycles. The molecule has 2 heteroatoms. The van der Waals surface area contributed by atoms with E-state index in [1.807, 2.05) is 0 Å². The second-order valence-corrected chi connectivity index (χ2v) is 13.7. The zero-order valence-electron chi connectivity index (χ0n) is 28.4. The number of hydrogen-bond donors (Lipinski definition) is 0. The Labute approximate surface area is 301 Å². The van der Waals surface area contributed by atoms with Gasteiger partial charge in [0.05, 0.1) is 11.4 Å². The van der Waals surface area contributed by atoms with Gasteiger partial charge in [-0.15, -0.1) is 0 Å². The summed E-state index contributed by atoms with van der Waals surface area (Å²) in [6.45, 7) is 0. The fourth-order valence-electron chi connectivity index (χ4n) is 8.72. The highest BCUT2D eigenvalue weighted by molar-refractivity contribution is 6.38. The molecule has 0 aliphatic rings. The maximum absolute atomic E-state index is 2.46. The Balaban J connectivity index is 1.16. The van der Waals surface area contributed by atoms with Crippen molar-refractivity contribution in [3.63, 3.8) is 0 Å². The minimum atomic E-state index is 1.14. The molecule has 242 valence electrons. The third-order valence-electron chi connectivity index (χ3n) is 10.9. The fraction of sp³-hybridized carbons (Fsp3) is 0. The van der Waals surface area contributed by atoms with E-state index in [1.54, 1.807) is 0 Å². The Kier molecular flexibility index (Phi) is 6.28. The highest BCUT2D eigenvalue weighted by atomic mass is 15.1. The molecule has 0 heterocycles. The SMILES string of the molecule is c1ccc(N(c2ccccc2)c2ccc3c4cc5c(cc4c4cccc2c43)c2ccc(N(c3ccccc3)c3ccccc3)c3cccc5c32)cc1. The summed E-state index contributed by atoms with van der Waals surface area (Å²) in [5.74, 6) is 0. The Morgan fingerprint density at radius 1 is 0.212 bits per heavy atom. The van der Waals surface area contributed by atoms with E-state index in [4.69, 9.17) is 0 Å². The normalized spacial score (nSPS) is 11.8. The van der Waals surface area contributed by atoms with Gasteiger partial charge in [0.2, 0.25) is 0 Å². The fourth-order valence-corrected chi connectivity index (χ4v) is 8.72. The van der Waals surface area contributed by atoms with Gasteiger partial charge in [0, 0.05) is 33.5 Å². The predicted molar refractivity (Wildman–Crippen MR) is 223 cm³/mol. The number of hydrogen-bond acceptors (Lipinski definition) is 2. The van der Waals surface area contributed by atoms with Gasteiger partial charge in [-0.25, -0.2) is 0 Å². The molecule has 0 aliphatic carbocycles. The lowest BCUT2D eigenvalue weighted by atomic mass is 10.0. The average molecular weight is 661 g/mol. The molecule has 0 aromatic heterocycles. The third kappa shape index (κ3) is 4.19. The smallest absolute Gasteiger partial charge is 0.0540 e. The molecular formula is C50H32N2. The molecule has 0 unspecified atom stereocenters. The first-order valence-electron chi connectivity index (χ1n) is 17.9. The quantitative estimate of drug-likeness (QED) is 0.175. The summed E-state index contributed by atoms with van der Waals surface area (Å²) in [4.78, 5) is 4.77. The van der Waals surface area contributed by atoms with Crippen LogP contribution in [0, 0.1) is 0 Å². The van der Waals surface area contributed by atoms with Crippen molar-refractivity contribution in [1.82, 2.24) is 0 Å². The largest absolute Gasteiger partial charge is 0.310 e. The van der Waals surface area contributed by atoms with Crippen molar-refractivity contribution in [3.8, 4) is 0 Å². The van der Waals surface area contributed by atoms with Crippen LogP contribution in [0.25, 0.3) is 64.6 Å². The number of benzene rings is 9. The average Bonchev–Trinajstić information content (AvgIpc) is 3.71. The molecule has 0 atom stereocenters. The van der Waals surface area contributed by atoms with Crippen molar-refractivity contribution in [2.24, 2.45) is 0 Å². The topological polar surface area (TPSA) is 6.48 Å². The first-order chi connectivity index (χ1) is 25.8. The van der Waals surface area contributed by atoms with Crippen molar-refractivity contribution in [1.29, 1.82) is 0 Å². The Morgan fingerprint density at radius 3 is 0.827 bits per heavy atom. The second kappa shape index (κ2) is 11.3. The number of para-hydroxylation sites is 4. The molecule has 0 fully saturated rings. The van der Waals surface area contributed by atoms with E-state index in [9.17, 15) is 0 Å². The summed E-state index contributed by atoms with van der Waals surface area (Å²) in [5, 5.41) is 15.6. The predicted octanol–water partition coefficient (Wildman–Crippen LogP) is 14.4. The van der Waals surface area contributed by atoms with Gasteiger partial charge < -0.3 is 9.80 Å². The zero-order chi connectivity index (χ0) is 34.2. The number of nitrogens with zero attached hydrogens (tertiary/aromatic N) is 2. The molecule has 0 N–H and O–H groups in total. The summed E-state index contributed by atoms with van der Waals surface area (Å²) in [7, 11) is 0. The molecular weight excluding hydrogens is 629 g/mol. The molecule has 0 bridgehead atoms. The van der Waals surface area contributed by atoms with Crippen LogP contribution in [-0.2, 0) is 0 Å². The molecule has 0 saturated carbocycles. The minimum absolute atomic E-state index is 1.14. The highest BCUT2D eigenvalue weighted by Gasteiger charge is 2.23. The van der Waals surface area contributed by atoms with Crippen LogP contribution < -0.4 is 9.80 Å². The van der Waals surface area contributed by atoms with Crippen molar-refractivity contribution in [2.45, 2.75) is 0 Å². The first-order valence-corrected chi connectivity index (χ1v) is 17.9. The van der Waals surface area contributed by atoms with Crippen LogP contribution in [0.15, 0.2) is 194 Å². The van der Waals surface area contributed by atoms with E-state index in [2.05, 4.69) is 204 Å². The van der Waals surface area contributed by atoms with Crippen molar-refractivity contribution < 1.29 is 0 Å². The van der Waals surface area contributed by atoms with Gasteiger partial charge in [-0.05, 0) is 127 Å². The van der Waals surface area contributed by atoms with Crippen LogP contribution in [0.5, 0.6) is 0 Å². The Hall–Kier alpha value is -6.90. The lowest BCUT2D eigenvalue weighted by Crippen LogP contribution is -2.10. The Morgan fingerprint density at radius 2 is 0.500 bits per heavy atom. The summed E-state index contributed by atoms with van der Waals surface area (Å²) in [6.07, 6.45) is 0. The van der Waals surface area contributed by atoms with E-state index < -0.39 is 0 Å². The van der Waals surface area contributed by atoms with Gasteiger partial charge in [-0.3, -0.25) is 0 Å². The van der Waals surface area contributed by atoms with Crippen LogP contribution >= 0.6 is 0 Å². The highest BCUT2D eigenvalue weighted by Crippen LogP contribution is 2.50. The maximum Gasteiger partial charge on any atom is 0.0540 e. The van der Waals surface area contributed by atoms with Gasteiger partial charge >= 0.3 is 0 Å². The van der Waals surface area contributed by atoms with Gasteiger partial charge in [0.15, 0.2) is 0 Å². The van der Waals surface area contributed by atoms with Crippen molar-refractivity contribution in [3.05, 3.63) is 194 Å². The van der Waals surface area contributed by atoms with Gasteiger partial charge in [-0.1, -0.05) is 121 Å². The van der Waals surface area contributed by atoms with E-state index in [0.29, 0.717) is 0 Å². The lowest BCUT2D eigenvalue weighted by molar-refractivity contribution is 1.30. The molecule has 2 nitrogen and oxygen atoms in total. The number of fused-ring (bicyclic) bond motifs is 6. The monoisotopic (exact) mass is 660 g/mol. The van der Waals surface area contributed by atoms with Crippen LogP contribution in [0.1, 0.15) is 0 Å². The van der Waals surface area contributed by atoms with Gasteiger partial charge in [-0.2, -0.15) is 0 Å². The summed E-state index contributed by atoms with van der Waals surface area (Å²) >= 11 is 0. The number of rotatable bonds is 6. The van der Waals surface area contributed by atoms with Crippen molar-refractivity contribution >= 4 is 98.8 Å². The zero-order valence-corrected chi connectivity index (χ0v) is 28.4. The van der Waals surface area contributed by atoms with E-state index in [-0.39, 0.29) is 0 Å². The molecule has 0 saturated heterocycles. The standard InChI is InChI=1S/C50H32N2/c1-5-15-33(16-6-1)51(34-17-7-2-8-18-34)47-29-27-39-45-32-44-38-24-14-26-42-48(52(35-19-9-3-10-20-35)36-21-11-4-12-22-36)30-28-40(50(38)42)46(44)31-43(45)37-23-13-25-41(47)49(37)39/h1-32H. The van der Waals surface area contributed by atoms with Crippen LogP contribution in [0.3, 0.4) is 0 Å².